The van der Waals surface area contributed by atoms with Gasteiger partial charge in [-0.25, -0.2) is 4.79 Å². The van der Waals surface area contributed by atoms with Gasteiger partial charge in [-0.15, -0.1) is 0 Å². The van der Waals surface area contributed by atoms with Gasteiger partial charge in [0, 0.05) is 19.6 Å². The molecule has 1 fully saturated rings. The molecule has 0 aliphatic carbocycles. The molecule has 1 unspecified atom stereocenters. The number of allylic oxidation sites excluding steroid dienone is 1. The first-order valence-electron chi connectivity index (χ1n) is 7.27. The Bertz CT molecular complexity index is 377. The van der Waals surface area contributed by atoms with E-state index in [-0.39, 0.29) is 11.9 Å². The summed E-state index contributed by atoms with van der Waals surface area (Å²) in [7, 11) is 0. The van der Waals surface area contributed by atoms with Gasteiger partial charge in [0.05, 0.1) is 5.41 Å². The summed E-state index contributed by atoms with van der Waals surface area (Å²) in [5.74, 6) is -0.784. The van der Waals surface area contributed by atoms with Crippen molar-refractivity contribution < 1.29 is 14.7 Å². The maximum absolute atomic E-state index is 12.0. The molecular formula is C15H26N2O3. The van der Waals surface area contributed by atoms with Crippen LogP contribution in [0, 0.1) is 11.3 Å². The Hall–Kier alpha value is -1.52. The number of likely N-dealkylation sites (tertiary alicyclic amines) is 1. The van der Waals surface area contributed by atoms with Crippen LogP contribution in [0.3, 0.4) is 0 Å². The molecule has 5 heteroatoms. The quantitative estimate of drug-likeness (QED) is 0.601. The zero-order chi connectivity index (χ0) is 15.2. The number of carboxylic acids is 1. The van der Waals surface area contributed by atoms with Crippen LogP contribution < -0.4 is 5.32 Å². The van der Waals surface area contributed by atoms with Crippen molar-refractivity contribution >= 4 is 12.0 Å². The lowest BCUT2D eigenvalue weighted by Crippen LogP contribution is -2.50. The second-order valence-corrected chi connectivity index (χ2v) is 5.90. The second-order valence-electron chi connectivity index (χ2n) is 5.90. The molecule has 0 aromatic rings. The smallest absolute Gasteiger partial charge is 0.317 e. The number of amides is 2. The van der Waals surface area contributed by atoms with Crippen molar-refractivity contribution in [3.8, 4) is 0 Å². The summed E-state index contributed by atoms with van der Waals surface area (Å²) >= 11 is 0. The van der Waals surface area contributed by atoms with E-state index in [0.717, 1.165) is 19.3 Å². The van der Waals surface area contributed by atoms with Crippen molar-refractivity contribution in [3.05, 3.63) is 12.2 Å². The van der Waals surface area contributed by atoms with Crippen molar-refractivity contribution in [1.29, 1.82) is 0 Å². The first-order chi connectivity index (χ1) is 9.39. The van der Waals surface area contributed by atoms with Gasteiger partial charge in [-0.2, -0.15) is 0 Å². The third-order valence-electron chi connectivity index (χ3n) is 4.10. The van der Waals surface area contributed by atoms with Crippen LogP contribution in [0.15, 0.2) is 12.2 Å². The predicted molar refractivity (Wildman–Crippen MR) is 78.5 cm³/mol. The number of piperidine rings is 1. The van der Waals surface area contributed by atoms with Crippen molar-refractivity contribution in [2.45, 2.75) is 40.0 Å². The van der Waals surface area contributed by atoms with Gasteiger partial charge in [-0.1, -0.05) is 12.2 Å². The van der Waals surface area contributed by atoms with E-state index in [0.29, 0.717) is 19.6 Å². The highest BCUT2D eigenvalue weighted by atomic mass is 16.4. The molecule has 0 radical (unpaired) electrons. The summed E-state index contributed by atoms with van der Waals surface area (Å²) in [6, 6.07) is -0.0830. The largest absolute Gasteiger partial charge is 0.481 e. The lowest BCUT2D eigenvalue weighted by Gasteiger charge is -2.39. The van der Waals surface area contributed by atoms with E-state index in [2.05, 4.69) is 5.32 Å². The van der Waals surface area contributed by atoms with Crippen LogP contribution in [0.4, 0.5) is 4.79 Å². The standard InChI is InChI=1S/C15H26N2O3/c1-4-5-6-9-16-14(20)17-10-7-8-12(11-17)15(2,3)13(18)19/h4-5,12H,6-11H2,1-3H3,(H,16,20)(H,18,19)/b5-4+. The summed E-state index contributed by atoms with van der Waals surface area (Å²) in [5, 5.41) is 12.2. The van der Waals surface area contributed by atoms with Gasteiger partial charge in [0.25, 0.3) is 0 Å². The lowest BCUT2D eigenvalue weighted by molar-refractivity contribution is -0.151. The van der Waals surface area contributed by atoms with Crippen LogP contribution in [0.2, 0.25) is 0 Å². The highest BCUT2D eigenvalue weighted by Crippen LogP contribution is 2.34. The van der Waals surface area contributed by atoms with E-state index in [1.165, 1.54) is 0 Å². The summed E-state index contributed by atoms with van der Waals surface area (Å²) in [4.78, 5) is 25.1. The van der Waals surface area contributed by atoms with Crippen LogP contribution in [0.5, 0.6) is 0 Å². The molecule has 0 aromatic carbocycles. The SMILES string of the molecule is C/C=C/CCNC(=O)N1CCCC(C(C)(C)C(=O)O)C1. The molecule has 0 bridgehead atoms. The normalized spacial score (nSPS) is 20.1. The average molecular weight is 282 g/mol. The Morgan fingerprint density at radius 3 is 2.75 bits per heavy atom. The van der Waals surface area contributed by atoms with Crippen LogP contribution in [0.1, 0.15) is 40.0 Å². The Morgan fingerprint density at radius 2 is 2.15 bits per heavy atom. The number of carboxylic acid groups (broad SMARTS) is 1. The van der Waals surface area contributed by atoms with Crippen LogP contribution in [0.25, 0.3) is 0 Å². The van der Waals surface area contributed by atoms with E-state index < -0.39 is 11.4 Å². The molecule has 20 heavy (non-hydrogen) atoms. The summed E-state index contributed by atoms with van der Waals surface area (Å²) < 4.78 is 0. The molecule has 0 spiro atoms. The van der Waals surface area contributed by atoms with Gasteiger partial charge >= 0.3 is 12.0 Å². The summed E-state index contributed by atoms with van der Waals surface area (Å²) in [5.41, 5.74) is -0.788. The number of nitrogens with zero attached hydrogens (tertiary/aromatic N) is 1. The fourth-order valence-corrected chi connectivity index (χ4v) is 2.47. The van der Waals surface area contributed by atoms with Crippen molar-refractivity contribution in [3.63, 3.8) is 0 Å². The highest BCUT2D eigenvalue weighted by Gasteiger charge is 2.39. The number of nitrogens with one attached hydrogen (secondary N) is 1. The van der Waals surface area contributed by atoms with Crippen LogP contribution in [-0.2, 0) is 4.79 Å². The molecule has 1 aliphatic rings. The number of carbonyl (C=O) groups excluding carboxylic acids is 1. The Kier molecular flexibility index (Phi) is 6.05. The van der Waals surface area contributed by atoms with Gasteiger partial charge in [0.1, 0.15) is 0 Å². The lowest BCUT2D eigenvalue weighted by atomic mass is 9.74. The Balaban J connectivity index is 2.52. The van der Waals surface area contributed by atoms with Crippen LogP contribution in [-0.4, -0.2) is 41.6 Å². The molecule has 1 heterocycles. The number of hydrogen-bond acceptors (Lipinski definition) is 2. The number of aliphatic carboxylic acids is 1. The molecule has 5 nitrogen and oxygen atoms in total. The number of carbonyl (C=O) groups is 2. The number of rotatable bonds is 5. The van der Waals surface area contributed by atoms with Gasteiger partial charge in [0.15, 0.2) is 0 Å². The maximum atomic E-state index is 12.0. The number of urea groups is 1. The zero-order valence-electron chi connectivity index (χ0n) is 12.7. The first-order valence-corrected chi connectivity index (χ1v) is 7.27. The molecule has 0 aromatic heterocycles. The molecule has 2 N–H and O–H groups in total. The molecule has 1 aliphatic heterocycles. The van der Waals surface area contributed by atoms with Crippen molar-refractivity contribution in [1.82, 2.24) is 10.2 Å². The number of hydrogen-bond donors (Lipinski definition) is 2. The summed E-state index contributed by atoms with van der Waals surface area (Å²) in [6.07, 6.45) is 6.51. The molecule has 0 saturated carbocycles. The third kappa shape index (κ3) is 4.25. The molecule has 114 valence electrons. The maximum Gasteiger partial charge on any atom is 0.317 e. The molecular weight excluding hydrogens is 256 g/mol. The highest BCUT2D eigenvalue weighted by molar-refractivity contribution is 5.76. The van der Waals surface area contributed by atoms with E-state index in [1.807, 2.05) is 19.1 Å². The topological polar surface area (TPSA) is 69.6 Å². The summed E-state index contributed by atoms with van der Waals surface area (Å²) in [6.45, 7) is 7.29. The Morgan fingerprint density at radius 1 is 1.45 bits per heavy atom. The minimum atomic E-state index is -0.794. The monoisotopic (exact) mass is 282 g/mol. The molecule has 2 amide bonds. The van der Waals surface area contributed by atoms with E-state index in [9.17, 15) is 14.7 Å². The fraction of sp³-hybridized carbons (Fsp3) is 0.733. The van der Waals surface area contributed by atoms with E-state index in [1.54, 1.807) is 18.7 Å². The molecule has 1 saturated heterocycles. The van der Waals surface area contributed by atoms with Gasteiger partial charge in [-0.3, -0.25) is 4.79 Å². The minimum absolute atomic E-state index is 0.00929. The zero-order valence-corrected chi connectivity index (χ0v) is 12.7. The van der Waals surface area contributed by atoms with Gasteiger partial charge < -0.3 is 15.3 Å². The predicted octanol–water partition coefficient (Wildman–Crippen LogP) is 2.49. The minimum Gasteiger partial charge on any atom is -0.481 e. The Labute approximate surface area is 121 Å². The molecule has 1 atom stereocenters. The van der Waals surface area contributed by atoms with Crippen molar-refractivity contribution in [2.24, 2.45) is 11.3 Å². The van der Waals surface area contributed by atoms with E-state index >= 15 is 0 Å². The van der Waals surface area contributed by atoms with E-state index in [4.69, 9.17) is 0 Å². The fourth-order valence-electron chi connectivity index (χ4n) is 2.47. The van der Waals surface area contributed by atoms with Gasteiger partial charge in [-0.05, 0) is 46.0 Å². The second kappa shape index (κ2) is 7.31. The molecule has 1 rings (SSSR count). The average Bonchev–Trinajstić information content (AvgIpc) is 2.43. The van der Waals surface area contributed by atoms with Gasteiger partial charge in [0.2, 0.25) is 0 Å². The van der Waals surface area contributed by atoms with Crippen molar-refractivity contribution in [2.75, 3.05) is 19.6 Å². The third-order valence-corrected chi connectivity index (χ3v) is 4.10. The van der Waals surface area contributed by atoms with Crippen LogP contribution >= 0.6 is 0 Å². The first kappa shape index (κ1) is 16.5.